The highest BCUT2D eigenvalue weighted by Crippen LogP contribution is 2.39. The number of allylic oxidation sites excluding steroid dienone is 1. The average molecular weight is 1280 g/mol. The topological polar surface area (TPSA) is 373 Å². The van der Waals surface area contributed by atoms with Gasteiger partial charge in [0.05, 0.1) is 50.7 Å². The van der Waals surface area contributed by atoms with Gasteiger partial charge < -0.3 is 100 Å². The molecular weight excluding hydrogens is 1160 g/mol. The summed E-state index contributed by atoms with van der Waals surface area (Å²) in [4.78, 5) is 38.5. The summed E-state index contributed by atoms with van der Waals surface area (Å²) in [6.45, 7) is 2.15. The molecule has 3 heterocycles. The summed E-state index contributed by atoms with van der Waals surface area (Å²) < 4.78 is 34.8. The Hall–Kier alpha value is -2.53. The van der Waals surface area contributed by atoms with Crippen LogP contribution in [0.2, 0.25) is 0 Å². The van der Waals surface area contributed by atoms with Crippen LogP contribution in [0.25, 0.3) is 0 Å². The lowest BCUT2D eigenvalue weighted by atomic mass is 9.88. The van der Waals surface area contributed by atoms with Crippen molar-refractivity contribution in [1.29, 1.82) is 0 Å². The number of unbranched alkanes of at least 4 members (excludes halogenated alkanes) is 32. The number of carbonyl (C=O) groups is 3. The first-order valence-electron chi connectivity index (χ1n) is 34.6. The van der Waals surface area contributed by atoms with Crippen LogP contribution in [0.1, 0.15) is 252 Å². The number of carboxylic acid groups (broad SMARTS) is 1. The number of hydrogen-bond donors (Lipinski definition) is 14. The van der Waals surface area contributed by atoms with Gasteiger partial charge in [-0.15, -0.1) is 0 Å². The van der Waals surface area contributed by atoms with Crippen molar-refractivity contribution >= 4 is 17.8 Å². The van der Waals surface area contributed by atoms with E-state index in [1.165, 1.54) is 161 Å². The quantitative estimate of drug-likeness (QED) is 0.0249. The second-order valence-corrected chi connectivity index (χ2v) is 25.4. The zero-order valence-corrected chi connectivity index (χ0v) is 54.3. The van der Waals surface area contributed by atoms with Gasteiger partial charge in [-0.2, -0.15) is 0 Å². The Labute approximate surface area is 531 Å². The maximum Gasteiger partial charge on any atom is 0.364 e. The summed E-state index contributed by atoms with van der Waals surface area (Å²) in [6.07, 6.45) is 15.4. The van der Waals surface area contributed by atoms with Crippen molar-refractivity contribution in [3.8, 4) is 0 Å². The highest BCUT2D eigenvalue weighted by atomic mass is 16.8. The van der Waals surface area contributed by atoms with Gasteiger partial charge >= 0.3 is 5.97 Å². The van der Waals surface area contributed by atoms with Gasteiger partial charge in [0.25, 0.3) is 5.79 Å². The van der Waals surface area contributed by atoms with E-state index in [2.05, 4.69) is 24.5 Å². The predicted molar refractivity (Wildman–Crippen MR) is 334 cm³/mol. The molecule has 0 aromatic heterocycles. The Morgan fingerprint density at radius 1 is 0.584 bits per heavy atom. The Bertz CT molecular complexity index is 1860. The molecule has 0 aliphatic carbocycles. The predicted octanol–water partition coefficient (Wildman–Crippen LogP) is 5.90. The number of aliphatic carboxylic acids is 1. The van der Waals surface area contributed by atoms with Crippen LogP contribution in [0.15, 0.2) is 12.2 Å². The molecule has 0 radical (unpaired) electrons. The summed E-state index contributed by atoms with van der Waals surface area (Å²) >= 11 is 0. The van der Waals surface area contributed by atoms with E-state index in [0.29, 0.717) is 12.8 Å². The molecule has 0 bridgehead atoms. The summed E-state index contributed by atoms with van der Waals surface area (Å²) in [5.74, 6) is -6.14. The first kappa shape index (κ1) is 80.7. The Morgan fingerprint density at radius 3 is 1.49 bits per heavy atom. The molecule has 3 rings (SSSR count). The smallest absolute Gasteiger partial charge is 0.364 e. The van der Waals surface area contributed by atoms with Crippen LogP contribution < -0.4 is 10.6 Å². The highest BCUT2D eigenvalue weighted by Gasteiger charge is 2.60. The molecule has 18 unspecified atom stereocenters. The minimum atomic E-state index is -3.08. The third kappa shape index (κ3) is 30.2. The molecule has 0 saturated carbocycles. The van der Waals surface area contributed by atoms with E-state index >= 15 is 0 Å². The van der Waals surface area contributed by atoms with E-state index in [-0.39, 0.29) is 12.3 Å². The number of carbonyl (C=O) groups excluding carboxylic acids is 2. The van der Waals surface area contributed by atoms with Crippen molar-refractivity contribution in [1.82, 2.24) is 10.6 Å². The van der Waals surface area contributed by atoms with Gasteiger partial charge in [-0.05, 0) is 19.3 Å². The van der Waals surface area contributed by atoms with Crippen molar-refractivity contribution in [3.05, 3.63) is 12.2 Å². The van der Waals surface area contributed by atoms with Gasteiger partial charge in [0.2, 0.25) is 11.8 Å². The van der Waals surface area contributed by atoms with E-state index in [0.717, 1.165) is 51.9 Å². The molecule has 2 amide bonds. The normalized spacial score (nSPS) is 28.8. The third-order valence-electron chi connectivity index (χ3n) is 17.7. The van der Waals surface area contributed by atoms with Gasteiger partial charge in [0.1, 0.15) is 67.1 Å². The molecule has 23 heteroatoms. The van der Waals surface area contributed by atoms with Crippen molar-refractivity contribution in [2.45, 2.75) is 362 Å². The Kier molecular flexibility index (Phi) is 43.0. The van der Waals surface area contributed by atoms with E-state index in [1.807, 2.05) is 6.08 Å². The van der Waals surface area contributed by atoms with Crippen LogP contribution in [0.4, 0.5) is 0 Å². The van der Waals surface area contributed by atoms with Crippen molar-refractivity contribution in [2.24, 2.45) is 0 Å². The van der Waals surface area contributed by atoms with E-state index in [1.54, 1.807) is 6.08 Å². The molecule has 3 fully saturated rings. The fourth-order valence-corrected chi connectivity index (χ4v) is 12.2. The van der Waals surface area contributed by atoms with Crippen LogP contribution in [-0.4, -0.2) is 215 Å². The van der Waals surface area contributed by atoms with Crippen molar-refractivity contribution in [2.75, 3.05) is 26.4 Å². The zero-order valence-electron chi connectivity index (χ0n) is 54.3. The van der Waals surface area contributed by atoms with E-state index in [9.17, 15) is 75.7 Å². The lowest BCUT2D eigenvalue weighted by Crippen LogP contribution is -2.70. The minimum absolute atomic E-state index is 0.205. The molecule has 18 atom stereocenters. The van der Waals surface area contributed by atoms with Crippen LogP contribution in [0.5, 0.6) is 0 Å². The SMILES string of the molecule is CCCCCCCCCCCCCCCCCCC/C=C/C(O)C(COC1OC(CO)C(OC2OC(CO)C(O)C(OC3(C(=O)O)CC(O)C(NC(C)=O)C(C(O)C(O)CO)O3)C2O)C(O)C1O)NC(=O)CCCCCCCCCCCCCCCCCC. The largest absolute Gasteiger partial charge is 0.477 e. The summed E-state index contributed by atoms with van der Waals surface area (Å²) in [5, 5.41) is 136. The van der Waals surface area contributed by atoms with Crippen molar-refractivity contribution < 1.29 is 104 Å². The maximum absolute atomic E-state index is 13.4. The number of hydrogen-bond acceptors (Lipinski definition) is 20. The van der Waals surface area contributed by atoms with Gasteiger partial charge in [-0.1, -0.05) is 225 Å². The molecule has 89 heavy (non-hydrogen) atoms. The summed E-state index contributed by atoms with van der Waals surface area (Å²) in [6, 6.07) is -2.61. The first-order chi connectivity index (χ1) is 42.9. The Morgan fingerprint density at radius 2 is 1.04 bits per heavy atom. The van der Waals surface area contributed by atoms with Gasteiger partial charge in [0.15, 0.2) is 12.6 Å². The number of carboxylic acids is 1. The highest BCUT2D eigenvalue weighted by molar-refractivity contribution is 5.77. The molecular formula is C66H122N2O21. The van der Waals surface area contributed by atoms with Crippen LogP contribution in [0, 0.1) is 0 Å². The van der Waals surface area contributed by atoms with Crippen LogP contribution in [-0.2, 0) is 42.8 Å². The Balaban J connectivity index is 1.61. The molecule has 0 aromatic carbocycles. The second-order valence-electron chi connectivity index (χ2n) is 25.4. The number of ether oxygens (including phenoxy) is 6. The summed E-state index contributed by atoms with van der Waals surface area (Å²) in [7, 11) is 0. The molecule has 14 N–H and O–H groups in total. The molecule has 3 saturated heterocycles. The number of aliphatic hydroxyl groups is 11. The van der Waals surface area contributed by atoms with Gasteiger partial charge in [-0.3, -0.25) is 9.59 Å². The lowest BCUT2D eigenvalue weighted by Gasteiger charge is -2.50. The van der Waals surface area contributed by atoms with E-state index < -0.39 is 155 Å². The van der Waals surface area contributed by atoms with Crippen LogP contribution >= 0.6 is 0 Å². The fraction of sp³-hybridized carbons (Fsp3) is 0.924. The zero-order chi connectivity index (χ0) is 65.4. The number of rotatable bonds is 52. The summed E-state index contributed by atoms with van der Waals surface area (Å²) in [5.41, 5.74) is 0. The first-order valence-corrected chi connectivity index (χ1v) is 34.6. The number of nitrogens with one attached hydrogen (secondary N) is 2. The molecule has 0 spiro atoms. The second kappa shape index (κ2) is 47.4. The molecule has 3 aliphatic rings. The average Bonchev–Trinajstić information content (AvgIpc) is 0.868. The third-order valence-corrected chi connectivity index (χ3v) is 17.7. The monoisotopic (exact) mass is 1280 g/mol. The molecule has 23 nitrogen and oxygen atoms in total. The minimum Gasteiger partial charge on any atom is -0.477 e. The van der Waals surface area contributed by atoms with Crippen molar-refractivity contribution in [3.63, 3.8) is 0 Å². The molecule has 522 valence electrons. The molecule has 3 aliphatic heterocycles. The van der Waals surface area contributed by atoms with E-state index in [4.69, 9.17) is 28.4 Å². The number of aliphatic hydroxyl groups excluding tert-OH is 11. The number of amides is 2. The standard InChI is InChI=1S/C66H122N2O21/c1-4-6-8-10-12-14-16-18-20-22-23-24-25-27-29-31-33-35-37-39-48(73)47(68-53(76)40-38-36-34-32-30-28-26-21-19-17-15-13-11-9-7-5-2)45-84-63-58(80)57(79)60(52(44-71)86-63)87-64-59(81)62(56(78)51(43-70)85-64)89-66(65(82)83)41-49(74)54(67-46(3)72)61(88-66)55(77)50(75)42-69/h37,39,47-52,54-64,69-71,73-75,77-81H,4-36,38,40-45H2,1-3H3,(H,67,72)(H,68,76)(H,82,83)/b39-37+. The maximum atomic E-state index is 13.4. The van der Waals surface area contributed by atoms with Gasteiger partial charge in [0, 0.05) is 19.8 Å². The van der Waals surface area contributed by atoms with Crippen LogP contribution in [0.3, 0.4) is 0 Å². The molecule has 0 aromatic rings. The lowest BCUT2D eigenvalue weighted by molar-refractivity contribution is -0.386. The van der Waals surface area contributed by atoms with Gasteiger partial charge in [-0.25, -0.2) is 4.79 Å². The fourth-order valence-electron chi connectivity index (χ4n) is 12.2.